The van der Waals surface area contributed by atoms with Gasteiger partial charge in [-0.15, -0.1) is 0 Å². The van der Waals surface area contributed by atoms with Gasteiger partial charge in [-0.3, -0.25) is 9.69 Å². The fraction of sp³-hybridized carbons (Fsp3) is 0.750. The maximum atomic E-state index is 11.6. The van der Waals surface area contributed by atoms with E-state index in [0.29, 0.717) is 19.6 Å². The highest BCUT2D eigenvalue weighted by atomic mass is 16.2. The van der Waals surface area contributed by atoms with Crippen molar-refractivity contribution in [1.82, 2.24) is 15.1 Å². The van der Waals surface area contributed by atoms with Crippen LogP contribution in [0, 0.1) is 0 Å². The number of carbonyl (C=O) groups is 2. The molecule has 3 amide bonds. The molecule has 0 aromatic heterocycles. The molecule has 0 radical (unpaired) electrons. The van der Waals surface area contributed by atoms with Gasteiger partial charge in [-0.25, -0.2) is 4.79 Å². The van der Waals surface area contributed by atoms with Gasteiger partial charge in [0.2, 0.25) is 0 Å². The Balaban J connectivity index is 2.22. The summed E-state index contributed by atoms with van der Waals surface area (Å²) in [7, 11) is 0. The lowest BCUT2D eigenvalue weighted by Gasteiger charge is -2.26. The molecule has 1 atom stereocenters. The molecule has 0 bridgehead atoms. The van der Waals surface area contributed by atoms with Gasteiger partial charge < -0.3 is 10.2 Å². The van der Waals surface area contributed by atoms with Crippen molar-refractivity contribution in [2.24, 2.45) is 0 Å². The first-order valence-electron chi connectivity index (χ1n) is 4.58. The molecule has 13 heavy (non-hydrogen) atoms. The van der Waals surface area contributed by atoms with E-state index < -0.39 is 0 Å². The fourth-order valence-electron chi connectivity index (χ4n) is 1.87. The van der Waals surface area contributed by atoms with Crippen LogP contribution in [0.15, 0.2) is 0 Å². The normalized spacial score (nSPS) is 28.2. The summed E-state index contributed by atoms with van der Waals surface area (Å²) >= 11 is 0. The maximum Gasteiger partial charge on any atom is 0.327 e. The smallest absolute Gasteiger partial charge is 0.312 e. The summed E-state index contributed by atoms with van der Waals surface area (Å²) in [5, 5.41) is 3.11. The molecule has 1 N–H and O–H groups in total. The molecule has 0 saturated carbocycles. The van der Waals surface area contributed by atoms with Crippen LogP contribution < -0.4 is 5.32 Å². The zero-order valence-corrected chi connectivity index (χ0v) is 7.62. The first kappa shape index (κ1) is 8.50. The quantitative estimate of drug-likeness (QED) is 0.544. The van der Waals surface area contributed by atoms with Crippen molar-refractivity contribution in [3.63, 3.8) is 0 Å². The third-order valence-corrected chi connectivity index (χ3v) is 2.59. The SMILES string of the molecule is CCN1C(=O)[C@@H]2CNCCN2C1=O. The molecular formula is C8H13N3O2. The van der Waals surface area contributed by atoms with E-state index in [1.54, 1.807) is 4.90 Å². The van der Waals surface area contributed by atoms with Crippen LogP contribution in [0.2, 0.25) is 0 Å². The predicted octanol–water partition coefficient (Wildman–Crippen LogP) is -0.758. The van der Waals surface area contributed by atoms with Crippen LogP contribution >= 0.6 is 0 Å². The number of amides is 3. The molecule has 0 aromatic rings. The minimum absolute atomic E-state index is 0.0558. The summed E-state index contributed by atoms with van der Waals surface area (Å²) in [5.41, 5.74) is 0. The maximum absolute atomic E-state index is 11.6. The van der Waals surface area contributed by atoms with E-state index in [-0.39, 0.29) is 18.0 Å². The van der Waals surface area contributed by atoms with Gasteiger partial charge in [-0.05, 0) is 6.92 Å². The van der Waals surface area contributed by atoms with E-state index in [1.165, 1.54) is 4.90 Å². The van der Waals surface area contributed by atoms with E-state index in [0.717, 1.165) is 6.54 Å². The third-order valence-electron chi connectivity index (χ3n) is 2.59. The van der Waals surface area contributed by atoms with Crippen LogP contribution in [0.4, 0.5) is 4.79 Å². The average molecular weight is 183 g/mol. The Kier molecular flexibility index (Phi) is 1.95. The predicted molar refractivity (Wildman–Crippen MR) is 46.1 cm³/mol. The molecule has 5 heteroatoms. The summed E-state index contributed by atoms with van der Waals surface area (Å²) in [6.07, 6.45) is 0. The minimum Gasteiger partial charge on any atom is -0.312 e. The number of nitrogens with one attached hydrogen (secondary N) is 1. The molecule has 2 rings (SSSR count). The zero-order chi connectivity index (χ0) is 9.42. The van der Waals surface area contributed by atoms with E-state index in [2.05, 4.69) is 5.32 Å². The second-order valence-corrected chi connectivity index (χ2v) is 3.28. The highest BCUT2D eigenvalue weighted by Crippen LogP contribution is 2.18. The largest absolute Gasteiger partial charge is 0.327 e. The highest BCUT2D eigenvalue weighted by molar-refractivity contribution is 6.04. The number of urea groups is 1. The molecule has 0 aromatic carbocycles. The molecule has 2 saturated heterocycles. The molecule has 2 aliphatic heterocycles. The van der Waals surface area contributed by atoms with Crippen molar-refractivity contribution in [3.05, 3.63) is 0 Å². The Bertz CT molecular complexity index is 230. The van der Waals surface area contributed by atoms with Crippen LogP contribution in [0.25, 0.3) is 0 Å². The van der Waals surface area contributed by atoms with Gasteiger partial charge >= 0.3 is 6.03 Å². The van der Waals surface area contributed by atoms with Gasteiger partial charge in [0.15, 0.2) is 0 Å². The fourth-order valence-corrected chi connectivity index (χ4v) is 1.87. The van der Waals surface area contributed by atoms with Gasteiger partial charge in [-0.2, -0.15) is 0 Å². The number of imide groups is 1. The summed E-state index contributed by atoms with van der Waals surface area (Å²) in [6, 6.07) is -0.375. The number of fused-ring (bicyclic) bond motifs is 1. The van der Waals surface area contributed by atoms with Crippen LogP contribution in [-0.4, -0.2) is 54.0 Å². The van der Waals surface area contributed by atoms with Gasteiger partial charge in [-0.1, -0.05) is 0 Å². The Labute approximate surface area is 76.7 Å². The second-order valence-electron chi connectivity index (χ2n) is 3.28. The molecular weight excluding hydrogens is 170 g/mol. The summed E-state index contributed by atoms with van der Waals surface area (Å²) in [6.45, 7) is 4.33. The zero-order valence-electron chi connectivity index (χ0n) is 7.62. The van der Waals surface area contributed by atoms with E-state index >= 15 is 0 Å². The molecule has 2 aliphatic rings. The Morgan fingerprint density at radius 3 is 2.92 bits per heavy atom. The highest BCUT2D eigenvalue weighted by Gasteiger charge is 2.44. The van der Waals surface area contributed by atoms with Crippen LogP contribution in [0.1, 0.15) is 6.92 Å². The van der Waals surface area contributed by atoms with Gasteiger partial charge in [0.05, 0.1) is 0 Å². The Hall–Kier alpha value is -1.10. The second kappa shape index (κ2) is 2.99. The summed E-state index contributed by atoms with van der Waals surface area (Å²) in [5.74, 6) is -0.0558. The van der Waals surface area contributed by atoms with Gasteiger partial charge in [0, 0.05) is 26.2 Å². The van der Waals surface area contributed by atoms with E-state index in [9.17, 15) is 9.59 Å². The lowest BCUT2D eigenvalue weighted by Crippen LogP contribution is -2.51. The first-order valence-corrected chi connectivity index (χ1v) is 4.58. The van der Waals surface area contributed by atoms with Crippen molar-refractivity contribution >= 4 is 11.9 Å². The van der Waals surface area contributed by atoms with Crippen molar-refractivity contribution in [1.29, 1.82) is 0 Å². The Morgan fingerprint density at radius 1 is 1.54 bits per heavy atom. The van der Waals surface area contributed by atoms with E-state index in [1.807, 2.05) is 6.92 Å². The molecule has 0 spiro atoms. The summed E-state index contributed by atoms with van der Waals surface area (Å²) < 4.78 is 0. The molecule has 2 heterocycles. The topological polar surface area (TPSA) is 52.7 Å². The number of nitrogens with zero attached hydrogens (tertiary/aromatic N) is 2. The van der Waals surface area contributed by atoms with Crippen molar-refractivity contribution < 1.29 is 9.59 Å². The molecule has 5 nitrogen and oxygen atoms in total. The molecule has 72 valence electrons. The molecule has 0 aliphatic carbocycles. The lowest BCUT2D eigenvalue weighted by atomic mass is 10.2. The van der Waals surface area contributed by atoms with Gasteiger partial charge in [0.25, 0.3) is 5.91 Å². The van der Waals surface area contributed by atoms with Crippen molar-refractivity contribution in [2.75, 3.05) is 26.2 Å². The monoisotopic (exact) mass is 183 g/mol. The first-order chi connectivity index (χ1) is 6.25. The standard InChI is InChI=1S/C8H13N3O2/c1-2-10-7(12)6-5-9-3-4-11(6)8(10)13/h6,9H,2-5H2,1H3/t6-/m0/s1. The van der Waals surface area contributed by atoms with Gasteiger partial charge in [0.1, 0.15) is 6.04 Å². The van der Waals surface area contributed by atoms with Crippen LogP contribution in [0.3, 0.4) is 0 Å². The molecule has 2 fully saturated rings. The van der Waals surface area contributed by atoms with Crippen molar-refractivity contribution in [2.45, 2.75) is 13.0 Å². The van der Waals surface area contributed by atoms with E-state index in [4.69, 9.17) is 0 Å². The minimum atomic E-state index is -0.249. The van der Waals surface area contributed by atoms with Crippen molar-refractivity contribution in [3.8, 4) is 0 Å². The number of carbonyl (C=O) groups excluding carboxylic acids is 2. The number of hydrogen-bond donors (Lipinski definition) is 1. The summed E-state index contributed by atoms with van der Waals surface area (Å²) in [4.78, 5) is 26.2. The van der Waals surface area contributed by atoms with Crippen LogP contribution in [0.5, 0.6) is 0 Å². The molecule has 0 unspecified atom stereocenters. The third kappa shape index (κ3) is 1.11. The number of likely N-dealkylation sites (N-methyl/N-ethyl adjacent to an activating group) is 1. The average Bonchev–Trinajstić information content (AvgIpc) is 2.41. The number of piperazine rings is 1. The number of rotatable bonds is 1. The van der Waals surface area contributed by atoms with Crippen LogP contribution in [-0.2, 0) is 4.79 Å². The lowest BCUT2D eigenvalue weighted by molar-refractivity contribution is -0.128. The Morgan fingerprint density at radius 2 is 2.31 bits per heavy atom. The number of hydrogen-bond acceptors (Lipinski definition) is 3.